The molecule has 24 heavy (non-hydrogen) atoms. The zero-order valence-corrected chi connectivity index (χ0v) is 14.4. The van der Waals surface area contributed by atoms with Gasteiger partial charge in [-0.2, -0.15) is 0 Å². The Kier molecular flexibility index (Phi) is 3.74. The van der Waals surface area contributed by atoms with E-state index in [9.17, 15) is 9.59 Å². The van der Waals surface area contributed by atoms with Crippen LogP contribution in [0.25, 0.3) is 21.1 Å². The zero-order valence-electron chi connectivity index (χ0n) is 12.8. The Morgan fingerprint density at radius 1 is 1.29 bits per heavy atom. The fourth-order valence-corrected chi connectivity index (χ4v) is 4.30. The first-order chi connectivity index (χ1) is 11.6. The van der Waals surface area contributed by atoms with Crippen molar-refractivity contribution in [1.82, 2.24) is 15.0 Å². The number of aryl methyl sites for hydroxylation is 1. The largest absolute Gasteiger partial charge is 0.360 e. The van der Waals surface area contributed by atoms with Crippen molar-refractivity contribution in [2.24, 2.45) is 0 Å². The summed E-state index contributed by atoms with van der Waals surface area (Å²) in [5.74, 6) is 0.225. The standard InChI is InChI=1S/C17H13N3O2S2/c1-9-6-11-15(22)19-17(20-16(11)24-9)23-8-14(21)12-7-18-13-5-3-2-4-10(12)13/h2-7,18H,8H2,1H3,(H,19,20,22). The molecule has 7 heteroatoms. The minimum absolute atomic E-state index is 0.00237. The summed E-state index contributed by atoms with van der Waals surface area (Å²) in [5.41, 5.74) is 1.44. The maximum atomic E-state index is 12.5. The van der Waals surface area contributed by atoms with Crippen molar-refractivity contribution in [3.63, 3.8) is 0 Å². The fraction of sp³-hybridized carbons (Fsp3) is 0.118. The van der Waals surface area contributed by atoms with Crippen LogP contribution in [0, 0.1) is 6.92 Å². The van der Waals surface area contributed by atoms with Crippen LogP contribution in [0.1, 0.15) is 15.2 Å². The average molecular weight is 355 g/mol. The highest BCUT2D eigenvalue weighted by molar-refractivity contribution is 7.99. The van der Waals surface area contributed by atoms with E-state index in [1.807, 2.05) is 37.3 Å². The van der Waals surface area contributed by atoms with Crippen molar-refractivity contribution in [3.05, 3.63) is 57.3 Å². The van der Waals surface area contributed by atoms with E-state index in [4.69, 9.17) is 0 Å². The van der Waals surface area contributed by atoms with E-state index in [0.29, 0.717) is 20.9 Å². The quantitative estimate of drug-likeness (QED) is 0.332. The second-order valence-corrected chi connectivity index (χ2v) is 7.61. The number of thiophene rings is 1. The number of ketones is 1. The van der Waals surface area contributed by atoms with E-state index >= 15 is 0 Å². The zero-order chi connectivity index (χ0) is 16.7. The summed E-state index contributed by atoms with van der Waals surface area (Å²) in [6.07, 6.45) is 1.73. The number of hydrogen-bond donors (Lipinski definition) is 2. The van der Waals surface area contributed by atoms with E-state index in [1.54, 1.807) is 6.20 Å². The summed E-state index contributed by atoms with van der Waals surface area (Å²) in [6.45, 7) is 1.94. The number of H-pyrrole nitrogens is 2. The molecule has 4 aromatic rings. The number of para-hydroxylation sites is 1. The Labute approximate surface area is 145 Å². The topological polar surface area (TPSA) is 78.6 Å². The van der Waals surface area contributed by atoms with Crippen molar-refractivity contribution < 1.29 is 4.79 Å². The minimum atomic E-state index is -0.161. The van der Waals surface area contributed by atoms with Gasteiger partial charge < -0.3 is 9.97 Å². The molecule has 0 aliphatic heterocycles. The van der Waals surface area contributed by atoms with Gasteiger partial charge in [0.2, 0.25) is 0 Å². The number of carbonyl (C=O) groups is 1. The minimum Gasteiger partial charge on any atom is -0.360 e. The van der Waals surface area contributed by atoms with Gasteiger partial charge in [0.15, 0.2) is 10.9 Å². The number of Topliss-reactive ketones (excluding diaryl/α,β-unsaturated/α-hetero) is 1. The normalized spacial score (nSPS) is 11.4. The summed E-state index contributed by atoms with van der Waals surface area (Å²) in [5, 5.41) is 1.99. The predicted octanol–water partition coefficient (Wildman–Crippen LogP) is 3.75. The molecule has 0 fully saturated rings. The molecular formula is C17H13N3O2S2. The van der Waals surface area contributed by atoms with Crippen LogP contribution in [0.2, 0.25) is 0 Å². The third-order valence-electron chi connectivity index (χ3n) is 3.73. The lowest BCUT2D eigenvalue weighted by molar-refractivity contribution is 0.102. The van der Waals surface area contributed by atoms with Crippen LogP contribution in [0.5, 0.6) is 0 Å². The first-order valence-corrected chi connectivity index (χ1v) is 9.14. The highest BCUT2D eigenvalue weighted by Crippen LogP contribution is 2.24. The van der Waals surface area contributed by atoms with Crippen molar-refractivity contribution in [2.75, 3.05) is 5.75 Å². The van der Waals surface area contributed by atoms with Crippen molar-refractivity contribution >= 4 is 50.0 Å². The van der Waals surface area contributed by atoms with E-state index in [-0.39, 0.29) is 17.1 Å². The lowest BCUT2D eigenvalue weighted by atomic mass is 10.1. The molecule has 0 aliphatic rings. The second kappa shape index (κ2) is 5.92. The van der Waals surface area contributed by atoms with Gasteiger partial charge in [-0.3, -0.25) is 9.59 Å². The number of nitrogens with one attached hydrogen (secondary N) is 2. The van der Waals surface area contributed by atoms with Gasteiger partial charge in [-0.15, -0.1) is 11.3 Å². The molecule has 3 aromatic heterocycles. The Bertz CT molecular complexity index is 1120. The van der Waals surface area contributed by atoms with Crippen LogP contribution < -0.4 is 5.56 Å². The predicted molar refractivity (Wildman–Crippen MR) is 98.3 cm³/mol. The molecule has 0 bridgehead atoms. The van der Waals surface area contributed by atoms with Gasteiger partial charge >= 0.3 is 0 Å². The smallest absolute Gasteiger partial charge is 0.260 e. The number of fused-ring (bicyclic) bond motifs is 2. The number of benzene rings is 1. The van der Waals surface area contributed by atoms with Gasteiger partial charge in [0, 0.05) is 27.5 Å². The number of nitrogens with zero attached hydrogens (tertiary/aromatic N) is 1. The third kappa shape index (κ3) is 2.65. The van der Waals surface area contributed by atoms with E-state index in [0.717, 1.165) is 15.8 Å². The van der Waals surface area contributed by atoms with Gasteiger partial charge in [-0.25, -0.2) is 4.98 Å². The number of hydrogen-bond acceptors (Lipinski definition) is 5. The number of carbonyl (C=O) groups excluding carboxylic acids is 1. The lowest BCUT2D eigenvalue weighted by Gasteiger charge is -2.00. The average Bonchev–Trinajstić information content (AvgIpc) is 3.16. The van der Waals surface area contributed by atoms with Crippen LogP contribution in [-0.2, 0) is 0 Å². The number of thioether (sulfide) groups is 1. The molecule has 0 aliphatic carbocycles. The third-order valence-corrected chi connectivity index (χ3v) is 5.55. The van der Waals surface area contributed by atoms with Crippen LogP contribution >= 0.6 is 23.1 Å². The SMILES string of the molecule is Cc1cc2c(=O)[nH]c(SCC(=O)c3c[nH]c4ccccc34)nc2s1. The molecule has 0 amide bonds. The first kappa shape index (κ1) is 15.2. The summed E-state index contributed by atoms with van der Waals surface area (Å²) < 4.78 is 0. The van der Waals surface area contributed by atoms with Gasteiger partial charge in [-0.05, 0) is 19.1 Å². The molecule has 0 saturated carbocycles. The molecule has 0 spiro atoms. The first-order valence-electron chi connectivity index (χ1n) is 7.34. The maximum Gasteiger partial charge on any atom is 0.260 e. The van der Waals surface area contributed by atoms with Gasteiger partial charge in [0.25, 0.3) is 5.56 Å². The highest BCUT2D eigenvalue weighted by atomic mass is 32.2. The number of aromatic nitrogens is 3. The Morgan fingerprint density at radius 2 is 2.12 bits per heavy atom. The second-order valence-electron chi connectivity index (χ2n) is 5.41. The van der Waals surface area contributed by atoms with Crippen LogP contribution in [0.3, 0.4) is 0 Å². The lowest BCUT2D eigenvalue weighted by Crippen LogP contribution is -2.09. The van der Waals surface area contributed by atoms with Crippen LogP contribution in [0.4, 0.5) is 0 Å². The molecule has 2 N–H and O–H groups in total. The Morgan fingerprint density at radius 3 is 3.00 bits per heavy atom. The summed E-state index contributed by atoms with van der Waals surface area (Å²) >= 11 is 2.73. The van der Waals surface area contributed by atoms with Crippen molar-refractivity contribution in [1.29, 1.82) is 0 Å². The molecule has 1 aromatic carbocycles. The molecule has 0 radical (unpaired) electrons. The van der Waals surface area contributed by atoms with Crippen molar-refractivity contribution in [3.8, 4) is 0 Å². The molecule has 3 heterocycles. The van der Waals surface area contributed by atoms with Crippen LogP contribution in [-0.4, -0.2) is 26.5 Å². The molecule has 0 unspecified atom stereocenters. The van der Waals surface area contributed by atoms with Crippen LogP contribution in [0.15, 0.2) is 46.5 Å². The Balaban J connectivity index is 1.58. The fourth-order valence-electron chi connectivity index (χ4n) is 2.61. The summed E-state index contributed by atoms with van der Waals surface area (Å²) in [6, 6.07) is 9.52. The van der Waals surface area contributed by atoms with Crippen molar-refractivity contribution in [2.45, 2.75) is 12.1 Å². The molecule has 120 valence electrons. The monoisotopic (exact) mass is 355 g/mol. The van der Waals surface area contributed by atoms with Gasteiger partial charge in [0.1, 0.15) is 4.83 Å². The number of aromatic amines is 2. The highest BCUT2D eigenvalue weighted by Gasteiger charge is 2.14. The van der Waals surface area contributed by atoms with E-state index in [1.165, 1.54) is 23.1 Å². The molecular weight excluding hydrogens is 342 g/mol. The van der Waals surface area contributed by atoms with Gasteiger partial charge in [0.05, 0.1) is 11.1 Å². The Hall–Kier alpha value is -2.38. The molecule has 5 nitrogen and oxygen atoms in total. The summed E-state index contributed by atoms with van der Waals surface area (Å²) in [4.78, 5) is 36.6. The maximum absolute atomic E-state index is 12.5. The van der Waals surface area contributed by atoms with E-state index < -0.39 is 0 Å². The summed E-state index contributed by atoms with van der Waals surface area (Å²) in [7, 11) is 0. The number of rotatable bonds is 4. The van der Waals surface area contributed by atoms with Gasteiger partial charge in [-0.1, -0.05) is 30.0 Å². The molecule has 4 rings (SSSR count). The molecule has 0 saturated heterocycles. The van der Waals surface area contributed by atoms with E-state index in [2.05, 4.69) is 15.0 Å². The molecule has 0 atom stereocenters.